The molecule has 4 rings (SSSR count). The van der Waals surface area contributed by atoms with E-state index in [4.69, 9.17) is 8.97 Å². The van der Waals surface area contributed by atoms with Crippen molar-refractivity contribution in [2.24, 2.45) is 0 Å². The van der Waals surface area contributed by atoms with Gasteiger partial charge in [-0.3, -0.25) is 19.0 Å². The third-order valence-electron chi connectivity index (χ3n) is 4.39. The zero-order valence-electron chi connectivity index (χ0n) is 16.3. The van der Waals surface area contributed by atoms with Crippen molar-refractivity contribution >= 4 is 51.4 Å². The van der Waals surface area contributed by atoms with Gasteiger partial charge in [0.2, 0.25) is 11.8 Å². The minimum atomic E-state index is -4.34. The lowest BCUT2D eigenvalue weighted by molar-refractivity contribution is -0.150. The first-order chi connectivity index (χ1) is 15.6. The maximum Gasteiger partial charge on any atom is 0.352 e. The van der Waals surface area contributed by atoms with Crippen LogP contribution in [0.15, 0.2) is 27.2 Å². The number of carbonyl (C=O) groups is 3. The van der Waals surface area contributed by atoms with E-state index in [9.17, 15) is 27.9 Å². The molecular weight excluding hydrogens is 504 g/mol. The Morgan fingerprint density at radius 2 is 2.15 bits per heavy atom. The summed E-state index contributed by atoms with van der Waals surface area (Å²) >= 11 is 2.24. The molecule has 2 unspecified atom stereocenters. The molecule has 3 N–H and O–H groups in total. The predicted molar refractivity (Wildman–Crippen MR) is 108 cm³/mol. The fraction of sp³-hybridized carbons (Fsp3) is 0.429. The van der Waals surface area contributed by atoms with E-state index >= 15 is 0 Å². The quantitative estimate of drug-likeness (QED) is 0.185. The molecule has 2 aliphatic heterocycles. The number of aliphatic carboxylic acids is 1. The number of aromatic nitrogens is 6. The van der Waals surface area contributed by atoms with Gasteiger partial charge in [-0.1, -0.05) is 11.8 Å². The van der Waals surface area contributed by atoms with Gasteiger partial charge in [0, 0.05) is 11.5 Å². The van der Waals surface area contributed by atoms with Crippen LogP contribution < -0.4 is 5.32 Å². The molecule has 4 heterocycles. The molecule has 176 valence electrons. The lowest BCUT2D eigenvalue weighted by atomic mass is 10.0. The molecule has 2 aliphatic rings. The van der Waals surface area contributed by atoms with Crippen LogP contribution >= 0.6 is 23.5 Å². The van der Waals surface area contributed by atoms with E-state index in [1.807, 2.05) is 0 Å². The van der Waals surface area contributed by atoms with Crippen molar-refractivity contribution < 1.29 is 36.9 Å². The van der Waals surface area contributed by atoms with Gasteiger partial charge in [0.05, 0.1) is 0 Å². The SMILES string of the molecule is O=C(Cn1cnnn1)NC1C(=O)N2C(C(=O)O)=C(CSc3nnc(CS(=O)(=O)O)o3)CSC12. The van der Waals surface area contributed by atoms with E-state index in [0.29, 0.717) is 5.57 Å². The van der Waals surface area contributed by atoms with Crippen LogP contribution in [0.3, 0.4) is 0 Å². The van der Waals surface area contributed by atoms with Crippen molar-refractivity contribution in [3.05, 3.63) is 23.5 Å². The molecule has 16 nitrogen and oxygen atoms in total. The Kier molecular flexibility index (Phi) is 6.36. The highest BCUT2D eigenvalue weighted by Crippen LogP contribution is 2.41. The summed E-state index contributed by atoms with van der Waals surface area (Å²) in [5, 5.41) is 29.2. The first-order valence-corrected chi connectivity index (χ1v) is 12.6. The van der Waals surface area contributed by atoms with E-state index in [-0.39, 0.29) is 34.9 Å². The molecule has 0 spiro atoms. The van der Waals surface area contributed by atoms with Crippen molar-refractivity contribution in [2.75, 3.05) is 11.5 Å². The van der Waals surface area contributed by atoms with E-state index in [1.165, 1.54) is 22.8 Å². The average Bonchev–Trinajstić information content (AvgIpc) is 3.40. The number of fused-ring (bicyclic) bond motifs is 1. The number of rotatable bonds is 9. The van der Waals surface area contributed by atoms with Gasteiger partial charge in [-0.25, -0.2) is 9.48 Å². The molecular formula is C14H14N8O8S3. The van der Waals surface area contributed by atoms with Crippen molar-refractivity contribution in [3.8, 4) is 0 Å². The molecule has 19 heteroatoms. The molecule has 1 fully saturated rings. The summed E-state index contributed by atoms with van der Waals surface area (Å²) in [5.74, 6) is -3.19. The van der Waals surface area contributed by atoms with Gasteiger partial charge in [-0.05, 0) is 16.0 Å². The maximum atomic E-state index is 12.6. The van der Waals surface area contributed by atoms with Gasteiger partial charge in [-0.2, -0.15) is 8.42 Å². The van der Waals surface area contributed by atoms with Gasteiger partial charge >= 0.3 is 5.97 Å². The van der Waals surface area contributed by atoms with Crippen molar-refractivity contribution in [3.63, 3.8) is 0 Å². The number of carbonyl (C=O) groups excluding carboxylic acids is 2. The maximum absolute atomic E-state index is 12.6. The first-order valence-electron chi connectivity index (χ1n) is 8.93. The second-order valence-electron chi connectivity index (χ2n) is 6.70. The van der Waals surface area contributed by atoms with Crippen molar-refractivity contribution in [1.29, 1.82) is 0 Å². The van der Waals surface area contributed by atoms with Crippen LogP contribution in [0.4, 0.5) is 0 Å². The summed E-state index contributed by atoms with van der Waals surface area (Å²) in [6.45, 7) is -0.193. The highest BCUT2D eigenvalue weighted by atomic mass is 32.2. The lowest BCUT2D eigenvalue weighted by Gasteiger charge is -2.49. The zero-order chi connectivity index (χ0) is 23.8. The standard InChI is InChI=1S/C14H14N8O8S3/c23-7(1-21-5-15-19-20-21)16-9-11(24)22-10(13(25)26)6(2-31-12(9)22)3-32-14-18-17-8(30-14)4-33(27,28)29/h5,9,12H,1-4H2,(H,16,23)(H,25,26)(H,27,28,29). The normalized spacial score (nSPS) is 20.4. The number of thioether (sulfide) groups is 2. The van der Waals surface area contributed by atoms with Gasteiger partial charge in [0.25, 0.3) is 21.2 Å². The summed E-state index contributed by atoms with van der Waals surface area (Å²) in [4.78, 5) is 37.8. The molecule has 2 aromatic rings. The fourth-order valence-electron chi connectivity index (χ4n) is 3.07. The molecule has 2 aromatic heterocycles. The Labute approximate surface area is 192 Å². The molecule has 0 saturated carbocycles. The van der Waals surface area contributed by atoms with Crippen LogP contribution in [0.1, 0.15) is 5.89 Å². The summed E-state index contributed by atoms with van der Waals surface area (Å²) in [5.41, 5.74) is 0.218. The van der Waals surface area contributed by atoms with Gasteiger partial charge in [0.15, 0.2) is 5.75 Å². The predicted octanol–water partition coefficient (Wildman–Crippen LogP) is -2.03. The Balaban J connectivity index is 1.41. The number of β-lactam (4-membered cyclic amide) rings is 1. The molecule has 33 heavy (non-hydrogen) atoms. The van der Waals surface area contributed by atoms with Crippen LogP contribution in [0.25, 0.3) is 0 Å². The minimum absolute atomic E-state index is 0.0271. The second kappa shape index (κ2) is 9.08. The highest BCUT2D eigenvalue weighted by Gasteiger charge is 2.54. The molecule has 0 aliphatic carbocycles. The van der Waals surface area contributed by atoms with E-state index in [1.54, 1.807) is 0 Å². The van der Waals surface area contributed by atoms with Crippen LogP contribution in [0, 0.1) is 0 Å². The third kappa shape index (κ3) is 5.15. The Bertz CT molecular complexity index is 1230. The summed E-state index contributed by atoms with van der Waals surface area (Å²) in [7, 11) is -4.34. The third-order valence-corrected chi connectivity index (χ3v) is 7.24. The Morgan fingerprint density at radius 3 is 2.82 bits per heavy atom. The number of tetrazole rings is 1. The number of hydrogen-bond donors (Lipinski definition) is 3. The van der Waals surface area contributed by atoms with Crippen LogP contribution in [0.2, 0.25) is 0 Å². The largest absolute Gasteiger partial charge is 0.477 e. The van der Waals surface area contributed by atoms with E-state index in [2.05, 4.69) is 31.0 Å². The number of amides is 2. The smallest absolute Gasteiger partial charge is 0.352 e. The zero-order valence-corrected chi connectivity index (χ0v) is 18.7. The van der Waals surface area contributed by atoms with Crippen molar-refractivity contribution in [2.45, 2.75) is 28.9 Å². The summed E-state index contributed by atoms with van der Waals surface area (Å²) < 4.78 is 36.9. The Hall–Kier alpha value is -3.03. The minimum Gasteiger partial charge on any atom is -0.477 e. The van der Waals surface area contributed by atoms with Gasteiger partial charge < -0.3 is 14.8 Å². The van der Waals surface area contributed by atoms with Gasteiger partial charge in [0.1, 0.15) is 30.0 Å². The number of carboxylic acid groups (broad SMARTS) is 1. The molecule has 2 atom stereocenters. The van der Waals surface area contributed by atoms with E-state index < -0.39 is 45.1 Å². The number of nitrogens with one attached hydrogen (secondary N) is 1. The fourth-order valence-corrected chi connectivity index (χ4v) is 5.77. The highest BCUT2D eigenvalue weighted by molar-refractivity contribution is 8.01. The summed E-state index contributed by atoms with van der Waals surface area (Å²) in [6.07, 6.45) is 1.24. The van der Waals surface area contributed by atoms with Crippen LogP contribution in [-0.4, -0.2) is 94.1 Å². The molecule has 1 saturated heterocycles. The van der Waals surface area contributed by atoms with Crippen LogP contribution in [-0.2, 0) is 36.8 Å². The first kappa shape index (κ1) is 23.1. The molecule has 0 bridgehead atoms. The second-order valence-corrected chi connectivity index (χ2v) is 10.2. The monoisotopic (exact) mass is 518 g/mol. The molecule has 2 amide bonds. The number of carboxylic acids is 1. The van der Waals surface area contributed by atoms with Gasteiger partial charge in [-0.15, -0.1) is 27.1 Å². The molecule has 0 aromatic carbocycles. The number of hydrogen-bond acceptors (Lipinski definition) is 13. The van der Waals surface area contributed by atoms with Crippen LogP contribution in [0.5, 0.6) is 0 Å². The van der Waals surface area contributed by atoms with Crippen molar-refractivity contribution in [1.82, 2.24) is 40.6 Å². The van der Waals surface area contributed by atoms with E-state index in [0.717, 1.165) is 16.7 Å². The average molecular weight is 519 g/mol. The molecule has 0 radical (unpaired) electrons. The lowest BCUT2D eigenvalue weighted by Crippen LogP contribution is -2.70. The summed E-state index contributed by atoms with van der Waals surface area (Å²) in [6, 6.07) is -0.888. The topological polar surface area (TPSA) is 224 Å². The Morgan fingerprint density at radius 1 is 1.36 bits per heavy atom. The number of nitrogens with zero attached hydrogens (tertiary/aromatic N) is 7.